The van der Waals surface area contributed by atoms with Crippen LogP contribution in [0.5, 0.6) is 0 Å². The van der Waals surface area contributed by atoms with Crippen LogP contribution in [0, 0.1) is 0 Å². The van der Waals surface area contributed by atoms with Crippen LogP contribution < -0.4 is 0 Å². The number of carbonyl (C=O) groups is 2. The molecule has 1 aromatic rings. The molecular weight excluding hydrogens is 200 g/mol. The largest absolute Gasteiger partial charge is 0.290 e. The fourth-order valence-electron chi connectivity index (χ4n) is 1.69. The predicted molar refractivity (Wildman–Crippen MR) is 62.8 cm³/mol. The van der Waals surface area contributed by atoms with Gasteiger partial charge in [0, 0.05) is 16.7 Å². The van der Waals surface area contributed by atoms with Gasteiger partial charge in [0.2, 0.25) is 0 Å². The zero-order valence-corrected chi connectivity index (χ0v) is 9.28. The first-order valence-electron chi connectivity index (χ1n) is 5.15. The molecule has 80 valence electrons. The van der Waals surface area contributed by atoms with Gasteiger partial charge >= 0.3 is 0 Å². The molecule has 0 N–H and O–H groups in total. The molecule has 0 aliphatic heterocycles. The second kappa shape index (κ2) is 3.89. The van der Waals surface area contributed by atoms with Crippen molar-refractivity contribution in [3.05, 3.63) is 53.1 Å². The maximum atomic E-state index is 12.0. The lowest BCUT2D eigenvalue weighted by molar-refractivity contribution is -0.114. The minimum absolute atomic E-state index is 0.0525. The third-order valence-electron chi connectivity index (χ3n) is 2.88. The first kappa shape index (κ1) is 10.6. The van der Waals surface area contributed by atoms with Crippen LogP contribution in [0.3, 0.4) is 0 Å². The zero-order valence-electron chi connectivity index (χ0n) is 9.28. The van der Waals surface area contributed by atoms with E-state index in [9.17, 15) is 9.59 Å². The van der Waals surface area contributed by atoms with E-state index in [1.165, 1.54) is 6.08 Å². The van der Waals surface area contributed by atoms with E-state index >= 15 is 0 Å². The predicted octanol–water partition coefficient (Wildman–Crippen LogP) is 2.56. The van der Waals surface area contributed by atoms with E-state index in [2.05, 4.69) is 0 Å². The molecule has 2 nitrogen and oxygen atoms in total. The first-order chi connectivity index (χ1) is 7.61. The van der Waals surface area contributed by atoms with E-state index in [0.717, 1.165) is 5.56 Å². The lowest BCUT2D eigenvalue weighted by atomic mass is 9.88. The van der Waals surface area contributed by atoms with Gasteiger partial charge < -0.3 is 0 Å². The molecule has 0 heterocycles. The molecule has 0 bridgehead atoms. The highest BCUT2D eigenvalue weighted by Gasteiger charge is 2.23. The summed E-state index contributed by atoms with van der Waals surface area (Å²) < 4.78 is 0. The van der Waals surface area contributed by atoms with Gasteiger partial charge in [0.25, 0.3) is 0 Å². The molecule has 0 atom stereocenters. The number of allylic oxidation sites excluding steroid dienone is 4. The standard InChI is InChI=1S/C14H12O2/c1-9-10(2)14(16)12(8-13(9)15)11-6-4-3-5-7-11/h3-8H,1-2H3. The van der Waals surface area contributed by atoms with Gasteiger partial charge in [0.1, 0.15) is 0 Å². The van der Waals surface area contributed by atoms with Crippen LogP contribution in [-0.2, 0) is 9.59 Å². The Morgan fingerprint density at radius 1 is 0.875 bits per heavy atom. The molecule has 0 saturated carbocycles. The van der Waals surface area contributed by atoms with E-state index in [0.29, 0.717) is 16.7 Å². The fourth-order valence-corrected chi connectivity index (χ4v) is 1.69. The highest BCUT2D eigenvalue weighted by molar-refractivity contribution is 6.37. The van der Waals surface area contributed by atoms with Gasteiger partial charge in [0.15, 0.2) is 11.6 Å². The van der Waals surface area contributed by atoms with Crippen LogP contribution in [0.1, 0.15) is 19.4 Å². The SMILES string of the molecule is CC1=C(C)C(=O)C(c2ccccc2)=CC1=O. The number of rotatable bonds is 1. The molecule has 1 aliphatic rings. The normalized spacial score (nSPS) is 16.5. The monoisotopic (exact) mass is 212 g/mol. The minimum Gasteiger partial charge on any atom is -0.290 e. The van der Waals surface area contributed by atoms with E-state index < -0.39 is 0 Å². The van der Waals surface area contributed by atoms with E-state index in [1.807, 2.05) is 30.3 Å². The summed E-state index contributed by atoms with van der Waals surface area (Å²) in [4.78, 5) is 23.7. The second-order valence-corrected chi connectivity index (χ2v) is 3.87. The molecule has 0 radical (unpaired) electrons. The Hall–Kier alpha value is -1.96. The number of benzene rings is 1. The van der Waals surface area contributed by atoms with Crippen molar-refractivity contribution in [2.75, 3.05) is 0 Å². The molecule has 0 fully saturated rings. The van der Waals surface area contributed by atoms with Crippen LogP contribution in [0.4, 0.5) is 0 Å². The number of carbonyl (C=O) groups excluding carboxylic acids is 2. The first-order valence-corrected chi connectivity index (χ1v) is 5.15. The maximum absolute atomic E-state index is 12.0. The second-order valence-electron chi connectivity index (χ2n) is 3.87. The Bertz CT molecular complexity index is 519. The lowest BCUT2D eigenvalue weighted by Gasteiger charge is -2.14. The number of hydrogen-bond acceptors (Lipinski definition) is 2. The number of Topliss-reactive ketones (excluding diaryl/α,β-unsaturated/α-hetero) is 1. The van der Waals surface area contributed by atoms with Crippen molar-refractivity contribution in [1.82, 2.24) is 0 Å². The highest BCUT2D eigenvalue weighted by atomic mass is 16.1. The third kappa shape index (κ3) is 1.63. The summed E-state index contributed by atoms with van der Waals surface area (Å²) in [5, 5.41) is 0. The Kier molecular flexibility index (Phi) is 2.57. The summed E-state index contributed by atoms with van der Waals surface area (Å²) in [6.45, 7) is 3.39. The average molecular weight is 212 g/mol. The molecule has 0 unspecified atom stereocenters. The van der Waals surface area contributed by atoms with Gasteiger partial charge in [-0.3, -0.25) is 9.59 Å². The summed E-state index contributed by atoms with van der Waals surface area (Å²) in [5.74, 6) is -0.126. The molecular formula is C14H12O2. The molecule has 0 saturated heterocycles. The molecule has 0 spiro atoms. The quantitative estimate of drug-likeness (QED) is 0.670. The van der Waals surface area contributed by atoms with Crippen molar-refractivity contribution in [2.24, 2.45) is 0 Å². The van der Waals surface area contributed by atoms with Crippen LogP contribution >= 0.6 is 0 Å². The van der Waals surface area contributed by atoms with Crippen LogP contribution in [0.2, 0.25) is 0 Å². The zero-order chi connectivity index (χ0) is 11.7. The molecule has 0 aromatic heterocycles. The van der Waals surface area contributed by atoms with E-state index in [4.69, 9.17) is 0 Å². The van der Waals surface area contributed by atoms with Crippen LogP contribution in [0.15, 0.2) is 47.6 Å². The summed E-state index contributed by atoms with van der Waals surface area (Å²) in [5.41, 5.74) is 2.39. The van der Waals surface area contributed by atoms with Crippen molar-refractivity contribution in [3.8, 4) is 0 Å². The summed E-state index contributed by atoms with van der Waals surface area (Å²) in [7, 11) is 0. The molecule has 16 heavy (non-hydrogen) atoms. The smallest absolute Gasteiger partial charge is 0.189 e. The summed E-state index contributed by atoms with van der Waals surface area (Å²) >= 11 is 0. The van der Waals surface area contributed by atoms with Gasteiger partial charge in [-0.15, -0.1) is 0 Å². The van der Waals surface area contributed by atoms with Gasteiger partial charge in [-0.25, -0.2) is 0 Å². The van der Waals surface area contributed by atoms with Crippen LogP contribution in [0.25, 0.3) is 5.57 Å². The van der Waals surface area contributed by atoms with Gasteiger partial charge in [0.05, 0.1) is 0 Å². The Labute approximate surface area is 94.3 Å². The number of ketones is 2. The molecule has 2 rings (SSSR count). The highest BCUT2D eigenvalue weighted by Crippen LogP contribution is 2.25. The van der Waals surface area contributed by atoms with Crippen molar-refractivity contribution in [1.29, 1.82) is 0 Å². The van der Waals surface area contributed by atoms with Crippen molar-refractivity contribution >= 4 is 17.1 Å². The maximum Gasteiger partial charge on any atom is 0.189 e. The fraction of sp³-hybridized carbons (Fsp3) is 0.143. The Morgan fingerprint density at radius 3 is 2.12 bits per heavy atom. The third-order valence-corrected chi connectivity index (χ3v) is 2.88. The van der Waals surface area contributed by atoms with Crippen molar-refractivity contribution < 1.29 is 9.59 Å². The van der Waals surface area contributed by atoms with E-state index in [1.54, 1.807) is 13.8 Å². The topological polar surface area (TPSA) is 34.1 Å². The molecule has 2 heteroatoms. The average Bonchev–Trinajstić information content (AvgIpc) is 2.32. The van der Waals surface area contributed by atoms with Crippen molar-refractivity contribution in [3.63, 3.8) is 0 Å². The number of hydrogen-bond donors (Lipinski definition) is 0. The van der Waals surface area contributed by atoms with Gasteiger partial charge in [-0.1, -0.05) is 30.3 Å². The summed E-state index contributed by atoms with van der Waals surface area (Å²) in [6, 6.07) is 9.27. The van der Waals surface area contributed by atoms with Gasteiger partial charge in [-0.2, -0.15) is 0 Å². The molecule has 0 amide bonds. The summed E-state index contributed by atoms with van der Waals surface area (Å²) in [6.07, 6.45) is 1.43. The van der Waals surface area contributed by atoms with Crippen LogP contribution in [-0.4, -0.2) is 11.6 Å². The lowest BCUT2D eigenvalue weighted by Crippen LogP contribution is -2.15. The Balaban J connectivity index is 2.50. The van der Waals surface area contributed by atoms with Gasteiger partial charge in [-0.05, 0) is 25.5 Å². The molecule has 1 aliphatic carbocycles. The van der Waals surface area contributed by atoms with E-state index in [-0.39, 0.29) is 11.6 Å². The molecule has 1 aromatic carbocycles. The van der Waals surface area contributed by atoms with Crippen molar-refractivity contribution in [2.45, 2.75) is 13.8 Å². The Morgan fingerprint density at radius 2 is 1.50 bits per heavy atom. The minimum atomic E-state index is -0.0732.